The molecule has 0 aliphatic heterocycles. The van der Waals surface area contributed by atoms with Gasteiger partial charge in [0, 0.05) is 6.54 Å². The van der Waals surface area contributed by atoms with E-state index in [9.17, 15) is 14.7 Å². The summed E-state index contributed by atoms with van der Waals surface area (Å²) in [7, 11) is 0. The number of carboxylic acid groups (broad SMARTS) is 1. The van der Waals surface area contributed by atoms with Crippen LogP contribution in [0.4, 0.5) is 4.79 Å². The lowest BCUT2D eigenvalue weighted by atomic mass is 9.88. The first-order chi connectivity index (χ1) is 10.4. The van der Waals surface area contributed by atoms with Crippen LogP contribution < -0.4 is 0 Å². The summed E-state index contributed by atoms with van der Waals surface area (Å²) in [5.74, 6) is -1.09. The minimum atomic E-state index is -1.49. The van der Waals surface area contributed by atoms with Crippen LogP contribution in [0, 0.1) is 13.8 Å². The first kappa shape index (κ1) is 19.0. The van der Waals surface area contributed by atoms with Gasteiger partial charge in [0.2, 0.25) is 0 Å². The molecule has 0 saturated heterocycles. The lowest BCUT2D eigenvalue weighted by Gasteiger charge is -2.38. The van der Waals surface area contributed by atoms with Gasteiger partial charge >= 0.3 is 12.1 Å². The molecule has 0 fully saturated rings. The Bertz CT molecular complexity index is 583. The topological polar surface area (TPSA) is 66.8 Å². The van der Waals surface area contributed by atoms with Crippen molar-refractivity contribution in [2.75, 3.05) is 6.54 Å². The van der Waals surface area contributed by atoms with Crippen molar-refractivity contribution in [2.45, 2.75) is 59.6 Å². The van der Waals surface area contributed by atoms with Crippen molar-refractivity contribution in [3.05, 3.63) is 34.9 Å². The Hall–Kier alpha value is -2.04. The number of likely N-dealkylation sites (N-methyl/N-ethyl adjacent to an activating group) is 1. The predicted octanol–water partition coefficient (Wildman–Crippen LogP) is 3.86. The number of aliphatic carboxylic acids is 1. The third-order valence-electron chi connectivity index (χ3n) is 3.67. The zero-order chi connectivity index (χ0) is 18.0. The van der Waals surface area contributed by atoms with Gasteiger partial charge in [-0.1, -0.05) is 29.3 Å². The van der Waals surface area contributed by atoms with E-state index < -0.39 is 23.2 Å². The molecule has 0 aromatic heterocycles. The smallest absolute Gasteiger partial charge is 0.411 e. The maximum atomic E-state index is 12.5. The van der Waals surface area contributed by atoms with Gasteiger partial charge in [0.15, 0.2) is 5.54 Å². The summed E-state index contributed by atoms with van der Waals surface area (Å²) in [5, 5.41) is 9.87. The largest absolute Gasteiger partial charge is 0.479 e. The van der Waals surface area contributed by atoms with Gasteiger partial charge in [0.05, 0.1) is 0 Å². The average Bonchev–Trinajstić information content (AvgIpc) is 2.35. The number of rotatable bonds is 4. The van der Waals surface area contributed by atoms with E-state index >= 15 is 0 Å². The summed E-state index contributed by atoms with van der Waals surface area (Å²) in [6.45, 7) is 12.6. The minimum Gasteiger partial charge on any atom is -0.479 e. The first-order valence-electron chi connectivity index (χ1n) is 7.74. The second-order valence-corrected chi connectivity index (χ2v) is 6.98. The molecule has 0 bridgehead atoms. The fraction of sp³-hybridized carbons (Fsp3) is 0.556. The molecule has 1 atom stereocenters. The fourth-order valence-corrected chi connectivity index (χ4v) is 2.60. The molecule has 0 heterocycles. The highest BCUT2D eigenvalue weighted by atomic mass is 16.6. The highest BCUT2D eigenvalue weighted by Crippen LogP contribution is 2.31. The number of hydrogen-bond donors (Lipinski definition) is 1. The highest BCUT2D eigenvalue weighted by Gasteiger charge is 2.45. The molecular formula is C18H27NO4. The van der Waals surface area contributed by atoms with Crippen LogP contribution in [0.15, 0.2) is 18.2 Å². The van der Waals surface area contributed by atoms with Crippen molar-refractivity contribution < 1.29 is 19.4 Å². The molecule has 1 rings (SSSR count). The number of carbonyl (C=O) groups is 2. The predicted molar refractivity (Wildman–Crippen MR) is 89.5 cm³/mol. The normalized spacial score (nSPS) is 14.0. The lowest BCUT2D eigenvalue weighted by Crippen LogP contribution is -2.54. The molecule has 0 spiro atoms. The van der Waals surface area contributed by atoms with E-state index in [1.165, 1.54) is 11.8 Å². The molecule has 1 aromatic carbocycles. The number of hydrogen-bond acceptors (Lipinski definition) is 3. The van der Waals surface area contributed by atoms with Crippen molar-refractivity contribution in [3.8, 4) is 0 Å². The Morgan fingerprint density at radius 3 is 1.91 bits per heavy atom. The summed E-state index contributed by atoms with van der Waals surface area (Å²) in [6.07, 6.45) is -0.635. The maximum absolute atomic E-state index is 12.5. The molecule has 5 nitrogen and oxygen atoms in total. The van der Waals surface area contributed by atoms with Gasteiger partial charge in [-0.15, -0.1) is 0 Å². The SMILES string of the molecule is CCN(C(=O)OC(C)(C)C)C(C)(C(=O)O)c1cc(C)cc(C)c1. The molecule has 1 amide bonds. The molecule has 1 N–H and O–H groups in total. The Morgan fingerprint density at radius 1 is 1.09 bits per heavy atom. The molecule has 0 aliphatic rings. The quantitative estimate of drug-likeness (QED) is 0.914. The van der Waals surface area contributed by atoms with Crippen molar-refractivity contribution in [2.24, 2.45) is 0 Å². The minimum absolute atomic E-state index is 0.227. The van der Waals surface area contributed by atoms with Crippen molar-refractivity contribution >= 4 is 12.1 Å². The molecule has 128 valence electrons. The summed E-state index contributed by atoms with van der Waals surface area (Å²) < 4.78 is 5.39. The summed E-state index contributed by atoms with van der Waals surface area (Å²) in [4.78, 5) is 25.8. The standard InChI is InChI=1S/C18H27NO4/c1-8-19(16(22)23-17(4,5)6)18(7,15(20)21)14-10-12(2)9-13(3)11-14/h9-11H,8H2,1-7H3,(H,20,21). The lowest BCUT2D eigenvalue weighted by molar-refractivity contribution is -0.150. The first-order valence-corrected chi connectivity index (χ1v) is 7.74. The molecule has 0 radical (unpaired) electrons. The molecule has 5 heteroatoms. The molecule has 1 aromatic rings. The van der Waals surface area contributed by atoms with Crippen molar-refractivity contribution in [1.82, 2.24) is 4.90 Å². The Morgan fingerprint density at radius 2 is 1.57 bits per heavy atom. The van der Waals surface area contributed by atoms with E-state index in [0.717, 1.165) is 11.1 Å². The number of benzene rings is 1. The molecule has 23 heavy (non-hydrogen) atoms. The number of aryl methyl sites for hydroxylation is 2. The number of ether oxygens (including phenoxy) is 1. The second-order valence-electron chi connectivity index (χ2n) is 6.98. The van der Waals surface area contributed by atoms with E-state index in [1.807, 2.05) is 19.9 Å². The summed E-state index contributed by atoms with van der Waals surface area (Å²) in [5.41, 5.74) is 0.288. The van der Waals surface area contributed by atoms with E-state index in [2.05, 4.69) is 0 Å². The Balaban J connectivity index is 3.41. The molecule has 0 aliphatic carbocycles. The van der Waals surface area contributed by atoms with E-state index in [-0.39, 0.29) is 6.54 Å². The van der Waals surface area contributed by atoms with E-state index in [4.69, 9.17) is 4.74 Å². The molecule has 1 unspecified atom stereocenters. The number of carbonyl (C=O) groups excluding carboxylic acids is 1. The van der Waals surface area contributed by atoms with Gasteiger partial charge in [0.1, 0.15) is 5.60 Å². The Kier molecular flexibility index (Phi) is 5.46. The maximum Gasteiger partial charge on any atom is 0.411 e. The monoisotopic (exact) mass is 321 g/mol. The third-order valence-corrected chi connectivity index (χ3v) is 3.67. The van der Waals surface area contributed by atoms with Crippen molar-refractivity contribution in [1.29, 1.82) is 0 Å². The van der Waals surface area contributed by atoms with Crippen LogP contribution in [0.3, 0.4) is 0 Å². The summed E-state index contributed by atoms with van der Waals surface area (Å²) in [6, 6.07) is 5.57. The van der Waals surface area contributed by atoms with E-state index in [1.54, 1.807) is 39.8 Å². The highest BCUT2D eigenvalue weighted by molar-refractivity contribution is 5.85. The summed E-state index contributed by atoms with van der Waals surface area (Å²) >= 11 is 0. The molecule has 0 saturated carbocycles. The van der Waals surface area contributed by atoms with E-state index in [0.29, 0.717) is 5.56 Å². The van der Waals surface area contributed by atoms with Crippen LogP contribution in [-0.2, 0) is 15.1 Å². The number of nitrogens with zero attached hydrogens (tertiary/aromatic N) is 1. The second kappa shape index (κ2) is 6.60. The van der Waals surface area contributed by atoms with Crippen LogP contribution in [0.25, 0.3) is 0 Å². The van der Waals surface area contributed by atoms with Crippen LogP contribution in [0.2, 0.25) is 0 Å². The van der Waals surface area contributed by atoms with Gasteiger partial charge < -0.3 is 9.84 Å². The van der Waals surface area contributed by atoms with Crippen LogP contribution >= 0.6 is 0 Å². The Labute approximate surface area is 138 Å². The van der Waals surface area contributed by atoms with Gasteiger partial charge in [-0.25, -0.2) is 9.59 Å². The van der Waals surface area contributed by atoms with Crippen LogP contribution in [0.1, 0.15) is 51.3 Å². The average molecular weight is 321 g/mol. The van der Waals surface area contributed by atoms with Gasteiger partial charge in [-0.3, -0.25) is 4.90 Å². The van der Waals surface area contributed by atoms with Crippen LogP contribution in [0.5, 0.6) is 0 Å². The van der Waals surface area contributed by atoms with Gasteiger partial charge in [-0.05, 0) is 54.0 Å². The fourth-order valence-electron chi connectivity index (χ4n) is 2.60. The van der Waals surface area contributed by atoms with Crippen LogP contribution in [-0.4, -0.2) is 34.2 Å². The zero-order valence-electron chi connectivity index (χ0n) is 15.1. The number of carboxylic acids is 1. The van der Waals surface area contributed by atoms with Gasteiger partial charge in [0.25, 0.3) is 0 Å². The van der Waals surface area contributed by atoms with Gasteiger partial charge in [-0.2, -0.15) is 0 Å². The zero-order valence-corrected chi connectivity index (χ0v) is 15.1. The molecular weight excluding hydrogens is 294 g/mol. The number of amides is 1. The third kappa shape index (κ3) is 4.24. The van der Waals surface area contributed by atoms with Crippen molar-refractivity contribution in [3.63, 3.8) is 0 Å².